The molecule has 0 saturated heterocycles. The van der Waals surface area contributed by atoms with Gasteiger partial charge in [0.15, 0.2) is 0 Å². The zero-order valence-electron chi connectivity index (χ0n) is 10.4. The molecule has 0 heterocycles. The van der Waals surface area contributed by atoms with Gasteiger partial charge in [-0.2, -0.15) is 0 Å². The van der Waals surface area contributed by atoms with E-state index in [1.54, 1.807) is 0 Å². The van der Waals surface area contributed by atoms with E-state index < -0.39 is 0 Å². The van der Waals surface area contributed by atoms with E-state index in [-0.39, 0.29) is 0 Å². The van der Waals surface area contributed by atoms with Crippen LogP contribution in [0.3, 0.4) is 0 Å². The summed E-state index contributed by atoms with van der Waals surface area (Å²) in [6.45, 7) is 10.7. The summed E-state index contributed by atoms with van der Waals surface area (Å²) in [7, 11) is 0. The lowest BCUT2D eigenvalue weighted by atomic mass is 10.1. The number of aryl methyl sites for hydroxylation is 1. The van der Waals surface area contributed by atoms with Gasteiger partial charge in [0.1, 0.15) is 0 Å². The van der Waals surface area contributed by atoms with Crippen molar-refractivity contribution in [1.29, 1.82) is 0 Å². The summed E-state index contributed by atoms with van der Waals surface area (Å²) >= 11 is 0. The SMILES string of the molecule is Cc1cc(NC(C)C)cc(NC(C)C)c1. The Balaban J connectivity index is 2.84. The fraction of sp³-hybridized carbons (Fsp3) is 0.538. The highest BCUT2D eigenvalue weighted by molar-refractivity contribution is 5.59. The van der Waals surface area contributed by atoms with Crippen LogP contribution in [0.2, 0.25) is 0 Å². The molecule has 0 spiro atoms. The topological polar surface area (TPSA) is 24.1 Å². The molecule has 84 valence electrons. The average molecular weight is 206 g/mol. The molecule has 1 aromatic rings. The fourth-order valence-electron chi connectivity index (χ4n) is 1.62. The molecule has 0 aromatic heterocycles. The molecule has 0 aliphatic carbocycles. The molecule has 2 nitrogen and oxygen atoms in total. The van der Waals surface area contributed by atoms with Gasteiger partial charge in [-0.1, -0.05) is 0 Å². The van der Waals surface area contributed by atoms with Crippen LogP contribution in [0.15, 0.2) is 18.2 Å². The number of hydrogen-bond acceptors (Lipinski definition) is 2. The first-order valence-corrected chi connectivity index (χ1v) is 5.62. The third-order valence-corrected chi connectivity index (χ3v) is 1.99. The summed E-state index contributed by atoms with van der Waals surface area (Å²) in [6, 6.07) is 7.45. The number of rotatable bonds is 4. The van der Waals surface area contributed by atoms with Gasteiger partial charge in [0.05, 0.1) is 0 Å². The largest absolute Gasteiger partial charge is 0.383 e. The molecule has 0 bridgehead atoms. The summed E-state index contributed by atoms with van der Waals surface area (Å²) in [5, 5.41) is 6.84. The van der Waals surface area contributed by atoms with E-state index >= 15 is 0 Å². The van der Waals surface area contributed by atoms with Crippen molar-refractivity contribution in [2.45, 2.75) is 46.7 Å². The minimum absolute atomic E-state index is 0.471. The molecule has 0 radical (unpaired) electrons. The molecule has 0 atom stereocenters. The highest BCUT2D eigenvalue weighted by atomic mass is 14.9. The molecule has 0 saturated carbocycles. The van der Waals surface area contributed by atoms with Crippen molar-refractivity contribution in [3.63, 3.8) is 0 Å². The zero-order chi connectivity index (χ0) is 11.4. The molecular weight excluding hydrogens is 184 g/mol. The maximum atomic E-state index is 3.42. The van der Waals surface area contributed by atoms with Crippen LogP contribution in [-0.2, 0) is 0 Å². The van der Waals surface area contributed by atoms with Crippen LogP contribution in [-0.4, -0.2) is 12.1 Å². The van der Waals surface area contributed by atoms with Gasteiger partial charge < -0.3 is 10.6 Å². The second kappa shape index (κ2) is 5.06. The molecule has 15 heavy (non-hydrogen) atoms. The molecule has 0 aliphatic heterocycles. The third-order valence-electron chi connectivity index (χ3n) is 1.99. The average Bonchev–Trinajstić information content (AvgIpc) is 1.98. The number of hydrogen-bond donors (Lipinski definition) is 2. The fourth-order valence-corrected chi connectivity index (χ4v) is 1.62. The first kappa shape index (κ1) is 11.9. The third kappa shape index (κ3) is 4.24. The van der Waals surface area contributed by atoms with Crippen molar-refractivity contribution in [3.8, 4) is 0 Å². The first-order chi connectivity index (χ1) is 6.97. The Morgan fingerprint density at radius 3 is 1.53 bits per heavy atom. The number of nitrogens with one attached hydrogen (secondary N) is 2. The molecule has 2 N–H and O–H groups in total. The van der Waals surface area contributed by atoms with Gasteiger partial charge in [0, 0.05) is 23.5 Å². The summed E-state index contributed by atoms with van der Waals surface area (Å²) < 4.78 is 0. The zero-order valence-corrected chi connectivity index (χ0v) is 10.4. The highest BCUT2D eigenvalue weighted by Crippen LogP contribution is 2.19. The molecular formula is C13H22N2. The lowest BCUT2D eigenvalue weighted by Gasteiger charge is -2.15. The summed E-state index contributed by atoms with van der Waals surface area (Å²) in [5.41, 5.74) is 3.66. The predicted molar refractivity (Wildman–Crippen MR) is 68.7 cm³/mol. The Hall–Kier alpha value is -1.18. The van der Waals surface area contributed by atoms with Gasteiger partial charge in [-0.15, -0.1) is 0 Å². The van der Waals surface area contributed by atoms with Crippen molar-refractivity contribution in [3.05, 3.63) is 23.8 Å². The monoisotopic (exact) mass is 206 g/mol. The Morgan fingerprint density at radius 1 is 0.800 bits per heavy atom. The van der Waals surface area contributed by atoms with Crippen molar-refractivity contribution in [2.24, 2.45) is 0 Å². The van der Waals surface area contributed by atoms with E-state index in [0.717, 1.165) is 0 Å². The Bertz CT molecular complexity index is 288. The number of benzene rings is 1. The summed E-state index contributed by atoms with van der Waals surface area (Å²) in [6.07, 6.45) is 0. The minimum atomic E-state index is 0.471. The van der Waals surface area contributed by atoms with Crippen molar-refractivity contribution in [2.75, 3.05) is 10.6 Å². The van der Waals surface area contributed by atoms with Gasteiger partial charge in [0.25, 0.3) is 0 Å². The molecule has 1 rings (SSSR count). The predicted octanol–water partition coefficient (Wildman–Crippen LogP) is 3.64. The molecule has 0 aliphatic rings. The lowest BCUT2D eigenvalue weighted by molar-refractivity contribution is 0.892. The quantitative estimate of drug-likeness (QED) is 0.786. The van der Waals surface area contributed by atoms with Crippen LogP contribution in [0.5, 0.6) is 0 Å². The molecule has 0 fully saturated rings. The molecule has 0 amide bonds. The maximum Gasteiger partial charge on any atom is 0.0365 e. The van der Waals surface area contributed by atoms with Crippen LogP contribution >= 0.6 is 0 Å². The van der Waals surface area contributed by atoms with Crippen molar-refractivity contribution >= 4 is 11.4 Å². The van der Waals surface area contributed by atoms with Gasteiger partial charge in [0.2, 0.25) is 0 Å². The second-order valence-corrected chi connectivity index (χ2v) is 4.69. The van der Waals surface area contributed by atoms with E-state index in [0.29, 0.717) is 12.1 Å². The Labute approximate surface area is 93.1 Å². The lowest BCUT2D eigenvalue weighted by Crippen LogP contribution is -2.12. The number of anilines is 2. The van der Waals surface area contributed by atoms with Gasteiger partial charge in [-0.25, -0.2) is 0 Å². The Morgan fingerprint density at radius 2 is 1.20 bits per heavy atom. The van der Waals surface area contributed by atoms with E-state index in [1.165, 1.54) is 16.9 Å². The summed E-state index contributed by atoms with van der Waals surface area (Å²) in [5.74, 6) is 0. The summed E-state index contributed by atoms with van der Waals surface area (Å²) in [4.78, 5) is 0. The smallest absolute Gasteiger partial charge is 0.0365 e. The normalized spacial score (nSPS) is 10.9. The molecule has 2 heteroatoms. The molecule has 1 aromatic carbocycles. The molecule has 0 unspecified atom stereocenters. The Kier molecular flexibility index (Phi) is 4.01. The standard InChI is InChI=1S/C13H22N2/c1-9(2)14-12-6-11(5)7-13(8-12)15-10(3)4/h6-10,14-15H,1-5H3. The van der Waals surface area contributed by atoms with Gasteiger partial charge >= 0.3 is 0 Å². The van der Waals surface area contributed by atoms with Gasteiger partial charge in [-0.05, 0) is 58.4 Å². The van der Waals surface area contributed by atoms with E-state index in [2.05, 4.69) is 63.5 Å². The van der Waals surface area contributed by atoms with Crippen LogP contribution in [0.1, 0.15) is 33.3 Å². The van der Waals surface area contributed by atoms with Gasteiger partial charge in [-0.3, -0.25) is 0 Å². The van der Waals surface area contributed by atoms with E-state index in [9.17, 15) is 0 Å². The van der Waals surface area contributed by atoms with Crippen LogP contribution in [0.25, 0.3) is 0 Å². The first-order valence-electron chi connectivity index (χ1n) is 5.62. The van der Waals surface area contributed by atoms with Crippen LogP contribution in [0.4, 0.5) is 11.4 Å². The van der Waals surface area contributed by atoms with Crippen LogP contribution < -0.4 is 10.6 Å². The van der Waals surface area contributed by atoms with E-state index in [1.807, 2.05) is 0 Å². The minimum Gasteiger partial charge on any atom is -0.383 e. The maximum absolute atomic E-state index is 3.42. The highest BCUT2D eigenvalue weighted by Gasteiger charge is 2.01. The second-order valence-electron chi connectivity index (χ2n) is 4.69. The van der Waals surface area contributed by atoms with Crippen LogP contribution in [0, 0.1) is 6.92 Å². The van der Waals surface area contributed by atoms with Crippen molar-refractivity contribution < 1.29 is 0 Å². The van der Waals surface area contributed by atoms with Crippen molar-refractivity contribution in [1.82, 2.24) is 0 Å². The van der Waals surface area contributed by atoms with E-state index in [4.69, 9.17) is 0 Å².